The molecule has 2 amide bonds. The maximum Gasteiger partial charge on any atom is 0.254 e. The first-order valence-corrected chi connectivity index (χ1v) is 11.1. The highest BCUT2D eigenvalue weighted by molar-refractivity contribution is 5.94. The van der Waals surface area contributed by atoms with Gasteiger partial charge in [-0.2, -0.15) is 0 Å². The molecular formula is C24H28FN3O5. The highest BCUT2D eigenvalue weighted by Gasteiger charge is 2.40. The zero-order valence-electron chi connectivity index (χ0n) is 18.2. The quantitative estimate of drug-likeness (QED) is 0.709. The summed E-state index contributed by atoms with van der Waals surface area (Å²) < 4.78 is 25.1. The van der Waals surface area contributed by atoms with Gasteiger partial charge in [0.2, 0.25) is 5.91 Å². The maximum atomic E-state index is 13.3. The average Bonchev–Trinajstić information content (AvgIpc) is 2.81. The van der Waals surface area contributed by atoms with Crippen LogP contribution in [0.3, 0.4) is 0 Å². The number of β-amino-alcohol motifs (C(OH)–C–C–N with tert-alkyl or cyclic N) is 1. The van der Waals surface area contributed by atoms with E-state index in [-0.39, 0.29) is 62.5 Å². The number of ether oxygens (including phenoxy) is 2. The van der Waals surface area contributed by atoms with Gasteiger partial charge < -0.3 is 24.8 Å². The summed E-state index contributed by atoms with van der Waals surface area (Å²) in [4.78, 5) is 31.2. The van der Waals surface area contributed by atoms with Crippen molar-refractivity contribution in [2.45, 2.75) is 50.2 Å². The Bertz CT molecular complexity index is 960. The topological polar surface area (TPSA) is 101 Å². The molecule has 0 aliphatic carbocycles. The number of pyridine rings is 1. The van der Waals surface area contributed by atoms with Crippen LogP contribution in [0.25, 0.3) is 0 Å². The lowest BCUT2D eigenvalue weighted by atomic mass is 9.94. The summed E-state index contributed by atoms with van der Waals surface area (Å²) in [5, 5.41) is 13.1. The normalized spacial score (nSPS) is 25.5. The number of aliphatic hydroxyl groups is 1. The summed E-state index contributed by atoms with van der Waals surface area (Å²) in [7, 11) is 0. The number of nitrogens with zero attached hydrogens (tertiary/aromatic N) is 2. The van der Waals surface area contributed by atoms with Crippen molar-refractivity contribution in [1.82, 2.24) is 15.2 Å². The number of amides is 2. The van der Waals surface area contributed by atoms with Crippen LogP contribution < -0.4 is 5.32 Å². The number of carbonyl (C=O) groups excluding carboxylic acids is 2. The number of aromatic nitrogens is 1. The third-order valence-corrected chi connectivity index (χ3v) is 5.96. The standard InChI is InChI=1S/C24H28FN3O5/c25-18-3-1-2-16(10-18)12-27-23(30)11-20-4-5-21-22(33-20)15-32-14-19(29)13-28(21)24(31)17-6-8-26-9-7-17/h1-3,6-10,19-22,29H,4-5,11-15H2,(H,27,30)/t19-,20+,21-,22+/m1/s1. The third kappa shape index (κ3) is 6.13. The van der Waals surface area contributed by atoms with Crippen molar-refractivity contribution in [2.24, 2.45) is 0 Å². The van der Waals surface area contributed by atoms with Gasteiger partial charge in [0, 0.05) is 31.0 Å². The predicted molar refractivity (Wildman–Crippen MR) is 117 cm³/mol. The molecule has 1 aromatic carbocycles. The minimum atomic E-state index is -0.789. The molecule has 0 bridgehead atoms. The van der Waals surface area contributed by atoms with E-state index >= 15 is 0 Å². The van der Waals surface area contributed by atoms with Crippen molar-refractivity contribution in [1.29, 1.82) is 0 Å². The first kappa shape index (κ1) is 23.3. The number of hydrogen-bond donors (Lipinski definition) is 2. The van der Waals surface area contributed by atoms with Crippen molar-refractivity contribution in [2.75, 3.05) is 19.8 Å². The second-order valence-electron chi connectivity index (χ2n) is 8.44. The van der Waals surface area contributed by atoms with E-state index in [1.54, 1.807) is 41.6 Å². The molecule has 176 valence electrons. The largest absolute Gasteiger partial charge is 0.389 e. The Morgan fingerprint density at radius 1 is 1.18 bits per heavy atom. The SMILES string of the molecule is O=C(C[C@@H]1CC[C@@H]2[C@H](COC[C@H](O)CN2C(=O)c2ccncc2)O1)NCc1cccc(F)c1. The number of hydrogen-bond acceptors (Lipinski definition) is 6. The fourth-order valence-corrected chi connectivity index (χ4v) is 4.36. The predicted octanol–water partition coefficient (Wildman–Crippen LogP) is 1.68. The lowest BCUT2D eigenvalue weighted by molar-refractivity contribution is -0.151. The molecule has 4 atom stereocenters. The van der Waals surface area contributed by atoms with Crippen LogP contribution in [0.4, 0.5) is 4.39 Å². The molecule has 33 heavy (non-hydrogen) atoms. The van der Waals surface area contributed by atoms with Gasteiger partial charge in [-0.25, -0.2) is 4.39 Å². The summed E-state index contributed by atoms with van der Waals surface area (Å²) in [5.74, 6) is -0.721. The number of benzene rings is 1. The van der Waals surface area contributed by atoms with Crippen molar-refractivity contribution < 1.29 is 28.6 Å². The second-order valence-corrected chi connectivity index (χ2v) is 8.44. The van der Waals surface area contributed by atoms with Gasteiger partial charge in [-0.15, -0.1) is 0 Å². The molecule has 2 N–H and O–H groups in total. The Labute approximate surface area is 191 Å². The highest BCUT2D eigenvalue weighted by Crippen LogP contribution is 2.28. The molecule has 4 rings (SSSR count). The number of rotatable bonds is 5. The van der Waals surface area contributed by atoms with E-state index in [9.17, 15) is 19.1 Å². The fraction of sp³-hybridized carbons (Fsp3) is 0.458. The van der Waals surface area contributed by atoms with Crippen LogP contribution in [0.2, 0.25) is 0 Å². The molecule has 1 aromatic heterocycles. The van der Waals surface area contributed by atoms with Crippen molar-refractivity contribution >= 4 is 11.8 Å². The minimum Gasteiger partial charge on any atom is -0.389 e. The first-order chi connectivity index (χ1) is 16.0. The van der Waals surface area contributed by atoms with Gasteiger partial charge >= 0.3 is 0 Å². The molecular weight excluding hydrogens is 429 g/mol. The molecule has 0 radical (unpaired) electrons. The summed E-state index contributed by atoms with van der Waals surface area (Å²) in [6.07, 6.45) is 2.99. The third-order valence-electron chi connectivity index (χ3n) is 5.96. The highest BCUT2D eigenvalue weighted by atomic mass is 19.1. The number of carbonyl (C=O) groups is 2. The Morgan fingerprint density at radius 3 is 2.79 bits per heavy atom. The van der Waals surface area contributed by atoms with E-state index in [1.807, 2.05) is 0 Å². The molecule has 3 heterocycles. The summed E-state index contributed by atoms with van der Waals surface area (Å²) >= 11 is 0. The smallest absolute Gasteiger partial charge is 0.254 e. The van der Waals surface area contributed by atoms with Crippen LogP contribution in [0.15, 0.2) is 48.8 Å². The van der Waals surface area contributed by atoms with Gasteiger partial charge in [0.15, 0.2) is 0 Å². The van der Waals surface area contributed by atoms with E-state index in [1.165, 1.54) is 12.1 Å². The fourth-order valence-electron chi connectivity index (χ4n) is 4.36. The molecule has 0 saturated carbocycles. The van der Waals surface area contributed by atoms with Crippen LogP contribution in [-0.4, -0.2) is 70.9 Å². The maximum absolute atomic E-state index is 13.3. The molecule has 0 unspecified atom stereocenters. The number of fused-ring (bicyclic) bond motifs is 1. The van der Waals surface area contributed by atoms with E-state index in [0.717, 1.165) is 0 Å². The van der Waals surface area contributed by atoms with Gasteiger partial charge in [-0.05, 0) is 42.7 Å². The van der Waals surface area contributed by atoms with Crippen LogP contribution in [0, 0.1) is 5.82 Å². The van der Waals surface area contributed by atoms with Crippen molar-refractivity contribution in [3.05, 3.63) is 65.7 Å². The molecule has 2 fully saturated rings. The zero-order valence-corrected chi connectivity index (χ0v) is 18.2. The van der Waals surface area contributed by atoms with Gasteiger partial charge in [0.1, 0.15) is 11.9 Å². The van der Waals surface area contributed by atoms with Crippen molar-refractivity contribution in [3.8, 4) is 0 Å². The lowest BCUT2D eigenvalue weighted by Crippen LogP contribution is -2.57. The van der Waals surface area contributed by atoms with Gasteiger partial charge in [0.05, 0.1) is 37.9 Å². The average molecular weight is 458 g/mol. The Balaban J connectivity index is 1.37. The van der Waals surface area contributed by atoms with E-state index in [4.69, 9.17) is 9.47 Å². The molecule has 2 aliphatic rings. The molecule has 8 nitrogen and oxygen atoms in total. The Kier molecular flexibility index (Phi) is 7.64. The molecule has 2 aliphatic heterocycles. The van der Waals surface area contributed by atoms with Gasteiger partial charge in [-0.3, -0.25) is 14.6 Å². The number of nitrogens with one attached hydrogen (secondary N) is 1. The summed E-state index contributed by atoms with van der Waals surface area (Å²) in [5.41, 5.74) is 1.18. The molecule has 2 saturated heterocycles. The Morgan fingerprint density at radius 2 is 2.00 bits per heavy atom. The molecule has 9 heteroatoms. The number of halogens is 1. The monoisotopic (exact) mass is 457 g/mol. The minimum absolute atomic E-state index is 0.103. The van der Waals surface area contributed by atoms with E-state index in [0.29, 0.717) is 24.0 Å². The molecule has 2 aromatic rings. The van der Waals surface area contributed by atoms with Crippen LogP contribution in [0.5, 0.6) is 0 Å². The van der Waals surface area contributed by atoms with E-state index < -0.39 is 12.2 Å². The summed E-state index contributed by atoms with van der Waals surface area (Å²) in [6.45, 7) is 0.712. The van der Waals surface area contributed by atoms with Gasteiger partial charge in [0.25, 0.3) is 5.91 Å². The second kappa shape index (κ2) is 10.8. The zero-order chi connectivity index (χ0) is 23.2. The molecule has 0 spiro atoms. The summed E-state index contributed by atoms with van der Waals surface area (Å²) in [6, 6.07) is 9.12. The van der Waals surface area contributed by atoms with Crippen LogP contribution in [-0.2, 0) is 20.8 Å². The van der Waals surface area contributed by atoms with Crippen LogP contribution >= 0.6 is 0 Å². The number of aliphatic hydroxyl groups excluding tert-OH is 1. The van der Waals surface area contributed by atoms with Crippen LogP contribution in [0.1, 0.15) is 35.2 Å². The first-order valence-electron chi connectivity index (χ1n) is 11.1. The lowest BCUT2D eigenvalue weighted by Gasteiger charge is -2.44. The van der Waals surface area contributed by atoms with Crippen molar-refractivity contribution in [3.63, 3.8) is 0 Å². The Hall–Kier alpha value is -2.88. The van der Waals surface area contributed by atoms with E-state index in [2.05, 4.69) is 10.3 Å². The van der Waals surface area contributed by atoms with Gasteiger partial charge in [-0.1, -0.05) is 12.1 Å².